The molecule has 2 aromatic rings. The number of morpholine rings is 1. The van der Waals surface area contributed by atoms with Crippen LogP contribution in [0.2, 0.25) is 0 Å². The maximum absolute atomic E-state index is 13.4. The zero-order chi connectivity index (χ0) is 27.2. The Balaban J connectivity index is 1.68. The summed E-state index contributed by atoms with van der Waals surface area (Å²) in [6.07, 6.45) is 1.62. The monoisotopic (exact) mass is 521 g/mol. The fraction of sp³-hybridized carbons (Fsp3) is 0.467. The third-order valence-electron chi connectivity index (χ3n) is 7.17. The average Bonchev–Trinajstić information content (AvgIpc) is 3.17. The molecule has 0 aromatic heterocycles. The summed E-state index contributed by atoms with van der Waals surface area (Å²) in [5.74, 6) is -0.669. The van der Waals surface area contributed by atoms with Gasteiger partial charge in [0.1, 0.15) is 11.5 Å². The van der Waals surface area contributed by atoms with Gasteiger partial charge in [-0.25, -0.2) is 0 Å². The molecule has 2 aliphatic heterocycles. The van der Waals surface area contributed by atoms with Gasteiger partial charge in [-0.2, -0.15) is 0 Å². The molecular formula is C30H39N3O5. The first kappa shape index (κ1) is 27.7. The van der Waals surface area contributed by atoms with E-state index >= 15 is 0 Å². The van der Waals surface area contributed by atoms with Crippen molar-refractivity contribution in [2.45, 2.75) is 32.7 Å². The maximum atomic E-state index is 13.4. The lowest BCUT2D eigenvalue weighted by Crippen LogP contribution is -2.38. The SMILES string of the molecule is CCCOc1ccc(C(O)=C2C(=O)C(=O)N(CCCN3CCOCC3)C2c2ccc(N(C)C)cc2)c(C)c1. The number of aliphatic hydroxyl groups is 1. The Morgan fingerprint density at radius 1 is 1.08 bits per heavy atom. The fourth-order valence-electron chi connectivity index (χ4n) is 5.06. The molecule has 0 saturated carbocycles. The van der Waals surface area contributed by atoms with E-state index < -0.39 is 17.7 Å². The standard InChI is InChI=1S/C30H39N3O5/c1-5-17-38-24-11-12-25(21(2)20-24)28(34)26-27(22-7-9-23(10-8-22)31(3)4)33(30(36)29(26)35)14-6-13-32-15-18-37-19-16-32/h7-12,20,27,34H,5-6,13-19H2,1-4H3. The van der Waals surface area contributed by atoms with Crippen LogP contribution in [0.15, 0.2) is 48.0 Å². The highest BCUT2D eigenvalue weighted by molar-refractivity contribution is 6.46. The number of aryl methyl sites for hydroxylation is 1. The molecule has 2 heterocycles. The Morgan fingerprint density at radius 2 is 1.79 bits per heavy atom. The minimum atomic E-state index is -0.661. The summed E-state index contributed by atoms with van der Waals surface area (Å²) >= 11 is 0. The van der Waals surface area contributed by atoms with E-state index in [4.69, 9.17) is 9.47 Å². The molecule has 1 amide bonds. The normalized spacial score (nSPS) is 19.7. The van der Waals surface area contributed by atoms with E-state index in [1.54, 1.807) is 17.0 Å². The first-order valence-electron chi connectivity index (χ1n) is 13.4. The van der Waals surface area contributed by atoms with E-state index in [1.165, 1.54) is 0 Å². The summed E-state index contributed by atoms with van der Waals surface area (Å²) in [6, 6.07) is 12.5. The van der Waals surface area contributed by atoms with Crippen LogP contribution in [0.25, 0.3) is 5.76 Å². The third-order valence-corrected chi connectivity index (χ3v) is 7.17. The lowest BCUT2D eigenvalue weighted by molar-refractivity contribution is -0.140. The quantitative estimate of drug-likeness (QED) is 0.288. The van der Waals surface area contributed by atoms with Crippen LogP contribution in [0.4, 0.5) is 5.69 Å². The minimum Gasteiger partial charge on any atom is -0.507 e. The first-order valence-corrected chi connectivity index (χ1v) is 13.4. The van der Waals surface area contributed by atoms with E-state index in [0.717, 1.165) is 49.3 Å². The lowest BCUT2D eigenvalue weighted by atomic mass is 9.93. The van der Waals surface area contributed by atoms with Crippen molar-refractivity contribution < 1.29 is 24.2 Å². The Bertz CT molecular complexity index is 1170. The van der Waals surface area contributed by atoms with Crippen molar-refractivity contribution in [1.29, 1.82) is 0 Å². The predicted octanol–water partition coefficient (Wildman–Crippen LogP) is 3.99. The van der Waals surface area contributed by atoms with Gasteiger partial charge in [0.25, 0.3) is 11.7 Å². The van der Waals surface area contributed by atoms with Gasteiger partial charge in [-0.1, -0.05) is 19.1 Å². The number of likely N-dealkylation sites (tertiary alicyclic amines) is 1. The zero-order valence-corrected chi connectivity index (χ0v) is 22.9. The summed E-state index contributed by atoms with van der Waals surface area (Å²) in [6.45, 7) is 8.90. The molecule has 38 heavy (non-hydrogen) atoms. The highest BCUT2D eigenvalue weighted by atomic mass is 16.5. The summed E-state index contributed by atoms with van der Waals surface area (Å²) < 4.78 is 11.2. The van der Waals surface area contributed by atoms with Gasteiger partial charge >= 0.3 is 0 Å². The number of amides is 1. The van der Waals surface area contributed by atoms with Gasteiger partial charge < -0.3 is 24.4 Å². The molecule has 2 saturated heterocycles. The van der Waals surface area contributed by atoms with Crippen molar-refractivity contribution in [2.75, 3.05) is 65.0 Å². The number of benzene rings is 2. The van der Waals surface area contributed by atoms with Crippen LogP contribution in [-0.2, 0) is 14.3 Å². The van der Waals surface area contributed by atoms with Crippen LogP contribution in [-0.4, -0.2) is 86.7 Å². The van der Waals surface area contributed by atoms with Crippen LogP contribution >= 0.6 is 0 Å². The zero-order valence-electron chi connectivity index (χ0n) is 22.9. The second-order valence-corrected chi connectivity index (χ2v) is 10.1. The van der Waals surface area contributed by atoms with Crippen molar-refractivity contribution in [3.63, 3.8) is 0 Å². The number of aliphatic hydroxyl groups excluding tert-OH is 1. The van der Waals surface area contributed by atoms with Crippen LogP contribution in [0.3, 0.4) is 0 Å². The number of nitrogens with zero attached hydrogens (tertiary/aromatic N) is 3. The Hall–Kier alpha value is -3.36. The smallest absolute Gasteiger partial charge is 0.295 e. The number of hydrogen-bond donors (Lipinski definition) is 1. The molecule has 8 heteroatoms. The molecule has 2 aliphatic rings. The first-order chi connectivity index (χ1) is 18.3. The van der Waals surface area contributed by atoms with Crippen molar-refractivity contribution in [2.24, 2.45) is 0 Å². The number of rotatable bonds is 10. The molecule has 2 fully saturated rings. The van der Waals surface area contributed by atoms with Crippen LogP contribution in [0.5, 0.6) is 5.75 Å². The van der Waals surface area contributed by atoms with Gasteiger partial charge in [0.05, 0.1) is 31.4 Å². The number of ketones is 1. The minimum absolute atomic E-state index is 0.129. The molecule has 1 N–H and O–H groups in total. The van der Waals surface area contributed by atoms with Gasteiger partial charge in [-0.05, 0) is 61.2 Å². The van der Waals surface area contributed by atoms with Crippen molar-refractivity contribution in [1.82, 2.24) is 9.80 Å². The van der Waals surface area contributed by atoms with E-state index in [0.29, 0.717) is 37.7 Å². The van der Waals surface area contributed by atoms with E-state index in [2.05, 4.69) is 4.90 Å². The summed E-state index contributed by atoms with van der Waals surface area (Å²) in [5.41, 5.74) is 3.23. The van der Waals surface area contributed by atoms with Gasteiger partial charge in [0, 0.05) is 51.5 Å². The number of hydrogen-bond acceptors (Lipinski definition) is 7. The largest absolute Gasteiger partial charge is 0.507 e. The van der Waals surface area contributed by atoms with Gasteiger partial charge in [-0.15, -0.1) is 0 Å². The van der Waals surface area contributed by atoms with E-state index in [-0.39, 0.29) is 11.3 Å². The predicted molar refractivity (Wildman–Crippen MR) is 149 cm³/mol. The Labute approximate surface area is 225 Å². The van der Waals surface area contributed by atoms with Crippen molar-refractivity contribution in [3.8, 4) is 5.75 Å². The van der Waals surface area contributed by atoms with E-state index in [1.807, 2.05) is 63.2 Å². The molecular weight excluding hydrogens is 482 g/mol. The van der Waals surface area contributed by atoms with Crippen LogP contribution in [0, 0.1) is 6.92 Å². The van der Waals surface area contributed by atoms with Gasteiger partial charge in [-0.3, -0.25) is 14.5 Å². The number of anilines is 1. The second kappa shape index (κ2) is 12.5. The van der Waals surface area contributed by atoms with Crippen LogP contribution < -0.4 is 9.64 Å². The maximum Gasteiger partial charge on any atom is 0.295 e. The summed E-state index contributed by atoms with van der Waals surface area (Å²) in [5, 5.41) is 11.5. The molecule has 1 unspecified atom stereocenters. The molecule has 2 aromatic carbocycles. The highest BCUT2D eigenvalue weighted by Gasteiger charge is 2.46. The lowest BCUT2D eigenvalue weighted by Gasteiger charge is -2.29. The van der Waals surface area contributed by atoms with Crippen molar-refractivity contribution in [3.05, 3.63) is 64.7 Å². The molecule has 0 radical (unpaired) electrons. The van der Waals surface area contributed by atoms with Crippen molar-refractivity contribution >= 4 is 23.1 Å². The Morgan fingerprint density at radius 3 is 2.42 bits per heavy atom. The highest BCUT2D eigenvalue weighted by Crippen LogP contribution is 2.40. The summed E-state index contributed by atoms with van der Waals surface area (Å²) in [4.78, 5) is 32.6. The second-order valence-electron chi connectivity index (χ2n) is 10.1. The molecule has 0 spiro atoms. The fourth-order valence-corrected chi connectivity index (χ4v) is 5.06. The molecule has 4 rings (SSSR count). The van der Waals surface area contributed by atoms with Gasteiger partial charge in [0.2, 0.25) is 0 Å². The number of carbonyl (C=O) groups excluding carboxylic acids is 2. The third kappa shape index (κ3) is 6.03. The number of Topliss-reactive ketones (excluding diaryl/α,β-unsaturated/α-hetero) is 1. The average molecular weight is 522 g/mol. The van der Waals surface area contributed by atoms with Crippen LogP contribution in [0.1, 0.15) is 42.5 Å². The molecule has 204 valence electrons. The van der Waals surface area contributed by atoms with E-state index in [9.17, 15) is 14.7 Å². The molecule has 0 bridgehead atoms. The topological polar surface area (TPSA) is 82.5 Å². The summed E-state index contributed by atoms with van der Waals surface area (Å²) in [7, 11) is 3.92. The van der Waals surface area contributed by atoms with Gasteiger partial charge in [0.15, 0.2) is 0 Å². The number of ether oxygens (including phenoxy) is 2. The Kier molecular flexibility index (Phi) is 9.07. The molecule has 8 nitrogen and oxygen atoms in total. The number of carbonyl (C=O) groups is 2. The molecule has 1 atom stereocenters. The molecule has 0 aliphatic carbocycles.